The number of fused-ring (bicyclic) bond motifs is 1. The predicted molar refractivity (Wildman–Crippen MR) is 104 cm³/mol. The van der Waals surface area contributed by atoms with Gasteiger partial charge in [0, 0.05) is 25.6 Å². The second-order valence-corrected chi connectivity index (χ2v) is 9.19. The summed E-state index contributed by atoms with van der Waals surface area (Å²) in [5.41, 5.74) is 0.518. The Morgan fingerprint density at radius 1 is 1.19 bits per heavy atom. The van der Waals surface area contributed by atoms with Crippen LogP contribution in [0.25, 0.3) is 0 Å². The second-order valence-electron chi connectivity index (χ2n) is 7.28. The van der Waals surface area contributed by atoms with Gasteiger partial charge in [-0.2, -0.15) is 0 Å². The largest absolute Gasteiger partial charge is 0.454 e. The van der Waals surface area contributed by atoms with Crippen LogP contribution in [0.2, 0.25) is 0 Å². The van der Waals surface area contributed by atoms with Crippen molar-refractivity contribution in [3.8, 4) is 11.5 Å². The van der Waals surface area contributed by atoms with Gasteiger partial charge in [-0.15, -0.1) is 0 Å². The zero-order valence-corrected chi connectivity index (χ0v) is 16.6. The minimum atomic E-state index is -3.46. The molecule has 0 spiro atoms. The third-order valence-corrected chi connectivity index (χ3v) is 6.32. The Morgan fingerprint density at radius 2 is 1.93 bits per heavy atom. The van der Waals surface area contributed by atoms with Crippen LogP contribution in [0.3, 0.4) is 0 Å². The van der Waals surface area contributed by atoms with Crippen LogP contribution in [0.15, 0.2) is 18.2 Å². The molecule has 2 aliphatic rings. The normalized spacial score (nSPS) is 16.9. The number of carbonyl (C=O) groups excluding carboxylic acids is 1. The van der Waals surface area contributed by atoms with Gasteiger partial charge in [0.25, 0.3) is 0 Å². The average Bonchev–Trinajstić information content (AvgIpc) is 3.11. The van der Waals surface area contributed by atoms with E-state index in [0.717, 1.165) is 6.54 Å². The highest BCUT2D eigenvalue weighted by Gasteiger charge is 2.21. The summed E-state index contributed by atoms with van der Waals surface area (Å²) in [5, 5.41) is 3.00. The van der Waals surface area contributed by atoms with Crippen LogP contribution in [0.5, 0.6) is 11.5 Å². The van der Waals surface area contributed by atoms with Gasteiger partial charge in [-0.25, -0.2) is 8.42 Å². The van der Waals surface area contributed by atoms with Gasteiger partial charge in [0.2, 0.25) is 22.7 Å². The predicted octanol–water partition coefficient (Wildman–Crippen LogP) is 2.66. The molecule has 1 aliphatic heterocycles. The molecule has 1 amide bonds. The van der Waals surface area contributed by atoms with E-state index in [4.69, 9.17) is 9.47 Å². The minimum absolute atomic E-state index is 0.0142. The number of sulfonamides is 1. The highest BCUT2D eigenvalue weighted by Crippen LogP contribution is 2.36. The van der Waals surface area contributed by atoms with Crippen LogP contribution in [0.1, 0.15) is 44.9 Å². The van der Waals surface area contributed by atoms with Gasteiger partial charge in [0.05, 0.1) is 11.9 Å². The maximum Gasteiger partial charge on any atom is 0.232 e. The molecule has 0 aromatic heterocycles. The number of anilines is 1. The monoisotopic (exact) mass is 396 g/mol. The van der Waals surface area contributed by atoms with Gasteiger partial charge < -0.3 is 14.8 Å². The summed E-state index contributed by atoms with van der Waals surface area (Å²) in [6, 6.07) is 5.05. The topological polar surface area (TPSA) is 84.9 Å². The van der Waals surface area contributed by atoms with Gasteiger partial charge in [-0.05, 0) is 37.3 Å². The fourth-order valence-corrected chi connectivity index (χ4v) is 4.61. The van der Waals surface area contributed by atoms with E-state index < -0.39 is 10.0 Å². The molecular weight excluding hydrogens is 368 g/mol. The van der Waals surface area contributed by atoms with Crippen LogP contribution >= 0.6 is 0 Å². The van der Waals surface area contributed by atoms with E-state index in [-0.39, 0.29) is 19.2 Å². The minimum Gasteiger partial charge on any atom is -0.454 e. The van der Waals surface area contributed by atoms with E-state index in [9.17, 15) is 13.2 Å². The number of hydrogen-bond donors (Lipinski definition) is 1. The number of amides is 1. The maximum atomic E-state index is 12.2. The van der Waals surface area contributed by atoms with Crippen molar-refractivity contribution in [1.82, 2.24) is 5.32 Å². The van der Waals surface area contributed by atoms with E-state index in [1.165, 1.54) is 42.7 Å². The lowest BCUT2D eigenvalue weighted by atomic mass is 9.89. The number of ether oxygens (including phenoxy) is 2. The Balaban J connectivity index is 1.51. The van der Waals surface area contributed by atoms with E-state index in [0.29, 0.717) is 35.9 Å². The Morgan fingerprint density at radius 3 is 2.67 bits per heavy atom. The number of nitrogens with zero attached hydrogens (tertiary/aromatic N) is 1. The molecule has 0 unspecified atom stereocenters. The molecule has 0 saturated heterocycles. The molecule has 1 aliphatic carbocycles. The number of nitrogens with one attached hydrogen (secondary N) is 1. The molecule has 1 aromatic rings. The van der Waals surface area contributed by atoms with E-state index in [1.54, 1.807) is 18.2 Å². The third kappa shape index (κ3) is 5.51. The van der Waals surface area contributed by atoms with Gasteiger partial charge in [0.1, 0.15) is 0 Å². The second kappa shape index (κ2) is 8.82. The van der Waals surface area contributed by atoms with Crippen molar-refractivity contribution in [2.45, 2.75) is 44.9 Å². The molecule has 1 saturated carbocycles. The average molecular weight is 397 g/mol. The lowest BCUT2D eigenvalue weighted by molar-refractivity contribution is -0.121. The van der Waals surface area contributed by atoms with Crippen LogP contribution in [-0.2, 0) is 14.8 Å². The van der Waals surface area contributed by atoms with Gasteiger partial charge in [-0.1, -0.05) is 19.3 Å². The van der Waals surface area contributed by atoms with Gasteiger partial charge in [0.15, 0.2) is 11.5 Å². The zero-order valence-electron chi connectivity index (χ0n) is 15.8. The van der Waals surface area contributed by atoms with Crippen LogP contribution in [0, 0.1) is 5.92 Å². The van der Waals surface area contributed by atoms with E-state index in [1.807, 2.05) is 0 Å². The number of carbonyl (C=O) groups is 1. The molecule has 1 N–H and O–H groups in total. The summed E-state index contributed by atoms with van der Waals surface area (Å²) in [5.74, 6) is 1.71. The van der Waals surface area contributed by atoms with E-state index >= 15 is 0 Å². The summed E-state index contributed by atoms with van der Waals surface area (Å²) >= 11 is 0. The summed E-state index contributed by atoms with van der Waals surface area (Å²) in [6.45, 7) is 1.12. The van der Waals surface area contributed by atoms with Crippen molar-refractivity contribution in [3.63, 3.8) is 0 Å². The smallest absolute Gasteiger partial charge is 0.232 e. The zero-order chi connectivity index (χ0) is 19.3. The van der Waals surface area contributed by atoms with Crippen molar-refractivity contribution in [2.24, 2.45) is 5.92 Å². The Bertz CT molecular complexity index is 759. The van der Waals surface area contributed by atoms with Crippen LogP contribution in [0.4, 0.5) is 5.69 Å². The van der Waals surface area contributed by atoms with E-state index in [2.05, 4.69) is 5.32 Å². The Kier molecular flexibility index (Phi) is 6.46. The molecule has 0 radical (unpaired) electrons. The van der Waals surface area contributed by atoms with Gasteiger partial charge >= 0.3 is 0 Å². The first-order valence-corrected chi connectivity index (χ1v) is 11.4. The fraction of sp³-hybridized carbons (Fsp3) is 0.632. The Hall–Kier alpha value is -1.96. The van der Waals surface area contributed by atoms with Crippen LogP contribution < -0.4 is 19.1 Å². The molecule has 8 heteroatoms. The molecule has 150 valence electrons. The summed E-state index contributed by atoms with van der Waals surface area (Å²) in [6.07, 6.45) is 8.10. The van der Waals surface area contributed by atoms with Crippen molar-refractivity contribution >= 4 is 21.6 Å². The number of rotatable bonds is 8. The first kappa shape index (κ1) is 19.8. The molecule has 1 heterocycles. The van der Waals surface area contributed by atoms with Gasteiger partial charge in [-0.3, -0.25) is 9.10 Å². The molecule has 1 fully saturated rings. The van der Waals surface area contributed by atoms with Crippen molar-refractivity contribution < 1.29 is 22.7 Å². The van der Waals surface area contributed by atoms with Crippen molar-refractivity contribution in [2.75, 3.05) is 30.4 Å². The van der Waals surface area contributed by atoms with Crippen molar-refractivity contribution in [1.29, 1.82) is 0 Å². The molecule has 0 bridgehead atoms. The third-order valence-electron chi connectivity index (χ3n) is 5.12. The van der Waals surface area contributed by atoms with Crippen molar-refractivity contribution in [3.05, 3.63) is 18.2 Å². The molecule has 1 aromatic carbocycles. The van der Waals surface area contributed by atoms with Crippen LogP contribution in [-0.4, -0.2) is 40.5 Å². The first-order valence-electron chi connectivity index (χ1n) is 9.57. The summed E-state index contributed by atoms with van der Waals surface area (Å²) < 4.78 is 36.3. The Labute approximate surface area is 161 Å². The highest BCUT2D eigenvalue weighted by molar-refractivity contribution is 7.92. The lowest BCUT2D eigenvalue weighted by Crippen LogP contribution is -2.33. The summed E-state index contributed by atoms with van der Waals surface area (Å²) in [7, 11) is -3.46. The molecular formula is C19H28N2O5S. The maximum absolute atomic E-state index is 12.2. The number of benzene rings is 1. The highest BCUT2D eigenvalue weighted by atomic mass is 32.2. The molecule has 7 nitrogen and oxygen atoms in total. The standard InChI is InChI=1S/C19H28N2O5S/c1-27(23,24)21(16-9-10-17-18(12-16)26-14-25-17)11-5-8-19(22)20-13-15-6-3-2-4-7-15/h9-10,12,15H,2-8,11,13-14H2,1H3,(H,20,22). The molecule has 27 heavy (non-hydrogen) atoms. The lowest BCUT2D eigenvalue weighted by Gasteiger charge is -2.23. The molecule has 3 rings (SSSR count). The summed E-state index contributed by atoms with van der Waals surface area (Å²) in [4.78, 5) is 12.1. The first-order chi connectivity index (χ1) is 12.9. The quantitative estimate of drug-likeness (QED) is 0.730. The molecule has 0 atom stereocenters. The fourth-order valence-electron chi connectivity index (χ4n) is 3.65. The SMILES string of the molecule is CS(=O)(=O)N(CCCC(=O)NCC1CCCCC1)c1ccc2c(c1)OCO2. The number of hydrogen-bond acceptors (Lipinski definition) is 5.